The molecule has 9 heteroatoms. The van der Waals surface area contributed by atoms with Crippen molar-refractivity contribution in [1.82, 2.24) is 9.97 Å². The maximum atomic E-state index is 14.8. The summed E-state index contributed by atoms with van der Waals surface area (Å²) in [6.07, 6.45) is 2.62. The lowest BCUT2D eigenvalue weighted by Crippen LogP contribution is -2.17. The van der Waals surface area contributed by atoms with Crippen molar-refractivity contribution in [2.45, 2.75) is 26.8 Å². The number of aromatic nitrogens is 2. The van der Waals surface area contributed by atoms with Gasteiger partial charge in [0.25, 0.3) is 5.91 Å². The van der Waals surface area contributed by atoms with Crippen LogP contribution in [0.5, 0.6) is 5.75 Å². The number of ether oxygens (including phenoxy) is 1. The Kier molecular flexibility index (Phi) is 7.78. The number of hydrogen-bond donors (Lipinski definition) is 3. The Labute approximate surface area is 219 Å². The monoisotopic (exact) mass is 513 g/mol. The zero-order chi connectivity index (χ0) is 27.4. The quantitative estimate of drug-likeness (QED) is 0.321. The lowest BCUT2D eigenvalue weighted by Gasteiger charge is -2.17. The number of primary amides is 1. The average Bonchev–Trinajstić information content (AvgIpc) is 2.89. The number of hydrogen-bond acceptors (Lipinski definition) is 6. The Hall–Kier alpha value is -4.63. The minimum Gasteiger partial charge on any atom is -0.496 e. The Morgan fingerprint density at radius 1 is 0.974 bits per heavy atom. The molecule has 0 fully saturated rings. The second kappa shape index (κ2) is 11.2. The van der Waals surface area contributed by atoms with E-state index in [9.17, 15) is 14.0 Å². The molecular weight excluding hydrogens is 485 g/mol. The van der Waals surface area contributed by atoms with E-state index in [1.165, 1.54) is 25.6 Å². The van der Waals surface area contributed by atoms with Crippen LogP contribution < -0.4 is 21.5 Å². The molecule has 3 aromatic carbocycles. The molecule has 194 valence electrons. The third-order valence-electron chi connectivity index (χ3n) is 6.39. The van der Waals surface area contributed by atoms with E-state index in [2.05, 4.69) is 15.3 Å². The lowest BCUT2D eigenvalue weighted by atomic mass is 9.90. The van der Waals surface area contributed by atoms with Gasteiger partial charge >= 0.3 is 0 Å². The van der Waals surface area contributed by atoms with Gasteiger partial charge in [0.15, 0.2) is 0 Å². The van der Waals surface area contributed by atoms with Gasteiger partial charge in [0.05, 0.1) is 25.4 Å². The van der Waals surface area contributed by atoms with Crippen LogP contribution in [0, 0.1) is 19.7 Å². The number of carbonyl (C=O) groups is 2. The van der Waals surface area contributed by atoms with Gasteiger partial charge in [-0.25, -0.2) is 9.37 Å². The van der Waals surface area contributed by atoms with E-state index in [1.807, 2.05) is 44.2 Å². The summed E-state index contributed by atoms with van der Waals surface area (Å²) in [7, 11) is 1.49. The zero-order valence-corrected chi connectivity index (χ0v) is 21.3. The second-order valence-corrected chi connectivity index (χ2v) is 8.79. The van der Waals surface area contributed by atoms with Crippen LogP contribution in [0.15, 0.2) is 60.9 Å². The van der Waals surface area contributed by atoms with Crippen LogP contribution in [0.2, 0.25) is 0 Å². The normalized spacial score (nSPS) is 10.8. The summed E-state index contributed by atoms with van der Waals surface area (Å²) in [6, 6.07) is 14.7. The van der Waals surface area contributed by atoms with Gasteiger partial charge in [-0.15, -0.1) is 0 Å². The number of rotatable bonds is 8. The molecule has 0 radical (unpaired) electrons. The van der Waals surface area contributed by atoms with Crippen LogP contribution in [-0.2, 0) is 17.8 Å². The molecule has 0 aliphatic heterocycles. The van der Waals surface area contributed by atoms with Gasteiger partial charge < -0.3 is 21.5 Å². The first-order valence-corrected chi connectivity index (χ1v) is 11.9. The molecule has 0 aliphatic rings. The molecule has 8 nitrogen and oxygen atoms in total. The first-order valence-electron chi connectivity index (χ1n) is 11.9. The third kappa shape index (κ3) is 5.37. The third-order valence-corrected chi connectivity index (χ3v) is 6.39. The molecular formula is C29H28FN5O3. The number of methoxy groups -OCH3 is 1. The first kappa shape index (κ1) is 26.4. The van der Waals surface area contributed by atoms with Crippen molar-refractivity contribution < 1.29 is 18.7 Å². The highest BCUT2D eigenvalue weighted by Crippen LogP contribution is 2.37. The molecule has 1 heterocycles. The van der Waals surface area contributed by atoms with E-state index in [1.54, 1.807) is 12.1 Å². The molecule has 0 spiro atoms. The van der Waals surface area contributed by atoms with Crippen molar-refractivity contribution >= 4 is 17.5 Å². The lowest BCUT2D eigenvalue weighted by molar-refractivity contribution is -0.117. The van der Waals surface area contributed by atoms with Crippen LogP contribution in [0.3, 0.4) is 0 Å². The van der Waals surface area contributed by atoms with Crippen LogP contribution in [0.25, 0.3) is 22.3 Å². The van der Waals surface area contributed by atoms with E-state index in [0.29, 0.717) is 28.3 Å². The van der Waals surface area contributed by atoms with Gasteiger partial charge in [0.1, 0.15) is 17.3 Å². The van der Waals surface area contributed by atoms with Gasteiger partial charge in [-0.05, 0) is 65.4 Å². The molecule has 0 saturated heterocycles. The van der Waals surface area contributed by atoms with Crippen molar-refractivity contribution in [1.29, 1.82) is 0 Å². The highest BCUT2D eigenvalue weighted by atomic mass is 19.1. The second-order valence-electron chi connectivity index (χ2n) is 8.79. The van der Waals surface area contributed by atoms with Gasteiger partial charge in [0, 0.05) is 24.0 Å². The predicted molar refractivity (Wildman–Crippen MR) is 144 cm³/mol. The Morgan fingerprint density at radius 2 is 1.66 bits per heavy atom. The van der Waals surface area contributed by atoms with E-state index >= 15 is 0 Å². The summed E-state index contributed by atoms with van der Waals surface area (Å²) < 4.78 is 20.1. The standard InChI is InChI=1S/C29H28FN5O3/c1-16-20(18-10-24(30)23(13-31)27(11-18)38-3)6-4-7-21(16)22-8-5-9-25(17(22)2)35-29(37)26-15-33-19(14-34-26)12-28(32)36/h4-11,14-15H,12-13,31H2,1-3H3,(H2,32,36)(H,35,37). The number of benzene rings is 3. The number of nitrogens with zero attached hydrogens (tertiary/aromatic N) is 2. The molecule has 1 aromatic heterocycles. The van der Waals surface area contributed by atoms with Crippen molar-refractivity contribution in [3.05, 3.63) is 94.8 Å². The fourth-order valence-corrected chi connectivity index (χ4v) is 4.38. The van der Waals surface area contributed by atoms with E-state index < -0.39 is 17.6 Å². The zero-order valence-electron chi connectivity index (χ0n) is 21.3. The minimum absolute atomic E-state index is 0.0368. The largest absolute Gasteiger partial charge is 0.496 e. The molecule has 0 bridgehead atoms. The van der Waals surface area contributed by atoms with Crippen LogP contribution in [0.1, 0.15) is 32.9 Å². The van der Waals surface area contributed by atoms with E-state index in [-0.39, 0.29) is 18.7 Å². The molecule has 0 atom stereocenters. The first-order chi connectivity index (χ1) is 18.2. The van der Waals surface area contributed by atoms with Gasteiger partial charge in [-0.3, -0.25) is 14.6 Å². The number of nitrogens with one attached hydrogen (secondary N) is 1. The number of anilines is 1. The highest BCUT2D eigenvalue weighted by Gasteiger charge is 2.17. The van der Waals surface area contributed by atoms with Crippen molar-refractivity contribution in [2.24, 2.45) is 11.5 Å². The van der Waals surface area contributed by atoms with Gasteiger partial charge in [0.2, 0.25) is 5.91 Å². The van der Waals surface area contributed by atoms with Gasteiger partial charge in [-0.1, -0.05) is 30.3 Å². The van der Waals surface area contributed by atoms with Crippen molar-refractivity contribution in [3.63, 3.8) is 0 Å². The van der Waals surface area contributed by atoms with Crippen LogP contribution in [0.4, 0.5) is 10.1 Å². The summed E-state index contributed by atoms with van der Waals surface area (Å²) in [5.74, 6) is -0.978. The molecule has 0 aliphatic carbocycles. The molecule has 0 saturated carbocycles. The molecule has 4 aromatic rings. The number of amides is 2. The van der Waals surface area contributed by atoms with Crippen molar-refractivity contribution in [2.75, 3.05) is 12.4 Å². The molecule has 38 heavy (non-hydrogen) atoms. The van der Waals surface area contributed by atoms with E-state index in [0.717, 1.165) is 27.8 Å². The predicted octanol–water partition coefficient (Wildman–Crippen LogP) is 4.31. The Morgan fingerprint density at radius 3 is 2.29 bits per heavy atom. The highest BCUT2D eigenvalue weighted by molar-refractivity contribution is 6.03. The maximum absolute atomic E-state index is 14.8. The molecule has 0 unspecified atom stereocenters. The topological polar surface area (TPSA) is 133 Å². The summed E-state index contributed by atoms with van der Waals surface area (Å²) in [4.78, 5) is 32.1. The fraction of sp³-hybridized carbons (Fsp3) is 0.172. The molecule has 4 rings (SSSR count). The number of nitrogens with two attached hydrogens (primary N) is 2. The van der Waals surface area contributed by atoms with Crippen LogP contribution in [-0.4, -0.2) is 28.9 Å². The molecule has 5 N–H and O–H groups in total. The number of halogens is 1. The average molecular weight is 514 g/mol. The maximum Gasteiger partial charge on any atom is 0.275 e. The smallest absolute Gasteiger partial charge is 0.275 e. The summed E-state index contributed by atoms with van der Waals surface area (Å²) >= 11 is 0. The Bertz CT molecular complexity index is 1520. The summed E-state index contributed by atoms with van der Waals surface area (Å²) in [6.45, 7) is 3.92. The van der Waals surface area contributed by atoms with Crippen molar-refractivity contribution in [3.8, 4) is 28.0 Å². The molecule has 2 amide bonds. The van der Waals surface area contributed by atoms with Crippen LogP contribution >= 0.6 is 0 Å². The fourth-order valence-electron chi connectivity index (χ4n) is 4.38. The SMILES string of the molecule is COc1cc(-c2cccc(-c3cccc(NC(=O)c4cnc(CC(N)=O)cn4)c3C)c2C)cc(F)c1CN. The summed E-state index contributed by atoms with van der Waals surface area (Å²) in [5, 5.41) is 2.89. The van der Waals surface area contributed by atoms with Gasteiger partial charge in [-0.2, -0.15) is 0 Å². The number of carbonyl (C=O) groups excluding carboxylic acids is 2. The van der Waals surface area contributed by atoms with E-state index in [4.69, 9.17) is 16.2 Å². The minimum atomic E-state index is -0.528. The Balaban J connectivity index is 1.67. The summed E-state index contributed by atoms with van der Waals surface area (Å²) in [5.41, 5.74) is 17.5.